The van der Waals surface area contributed by atoms with Crippen LogP contribution in [0.2, 0.25) is 0 Å². The van der Waals surface area contributed by atoms with E-state index in [2.05, 4.69) is 28.9 Å². The van der Waals surface area contributed by atoms with Crippen LogP contribution in [0.25, 0.3) is 0 Å². The van der Waals surface area contributed by atoms with Crippen molar-refractivity contribution >= 4 is 0 Å². The molecule has 1 fully saturated rings. The number of rotatable bonds is 5. The van der Waals surface area contributed by atoms with E-state index in [4.69, 9.17) is 10.3 Å². The number of nitrogens with two attached hydrogens (primary N) is 1. The van der Waals surface area contributed by atoms with Crippen molar-refractivity contribution in [2.75, 3.05) is 13.1 Å². The average molecular weight is 252 g/mol. The fourth-order valence-corrected chi connectivity index (χ4v) is 2.79. The second-order valence-electron chi connectivity index (χ2n) is 5.68. The highest BCUT2D eigenvalue weighted by Crippen LogP contribution is 2.23. The summed E-state index contributed by atoms with van der Waals surface area (Å²) >= 11 is 0. The maximum Gasteiger partial charge on any atom is 0.240 e. The normalized spacial score (nSPS) is 21.7. The van der Waals surface area contributed by atoms with Gasteiger partial charge in [0.15, 0.2) is 5.82 Å². The van der Waals surface area contributed by atoms with Crippen LogP contribution < -0.4 is 5.73 Å². The van der Waals surface area contributed by atoms with Gasteiger partial charge in [-0.05, 0) is 37.6 Å². The zero-order valence-corrected chi connectivity index (χ0v) is 11.4. The van der Waals surface area contributed by atoms with Crippen molar-refractivity contribution in [1.29, 1.82) is 0 Å². The molecular weight excluding hydrogens is 228 g/mol. The molecule has 0 bridgehead atoms. The van der Waals surface area contributed by atoms with Crippen molar-refractivity contribution in [3.05, 3.63) is 11.7 Å². The average Bonchev–Trinajstić information content (AvgIpc) is 2.76. The zero-order valence-electron chi connectivity index (χ0n) is 11.4. The topological polar surface area (TPSA) is 68.2 Å². The van der Waals surface area contributed by atoms with Gasteiger partial charge in [-0.25, -0.2) is 0 Å². The molecule has 0 aromatic carbocycles. The summed E-state index contributed by atoms with van der Waals surface area (Å²) in [6, 6.07) is 0. The Kier molecular flexibility index (Phi) is 4.72. The summed E-state index contributed by atoms with van der Waals surface area (Å²) in [6.07, 6.45) is 3.95. The van der Waals surface area contributed by atoms with Crippen LogP contribution in [0.4, 0.5) is 0 Å². The smallest absolute Gasteiger partial charge is 0.240 e. The lowest BCUT2D eigenvalue weighted by atomic mass is 9.90. The van der Waals surface area contributed by atoms with Crippen LogP contribution in [-0.4, -0.2) is 28.1 Å². The van der Waals surface area contributed by atoms with Gasteiger partial charge in [0.2, 0.25) is 5.89 Å². The van der Waals surface area contributed by atoms with E-state index in [1.165, 1.54) is 19.3 Å². The van der Waals surface area contributed by atoms with E-state index >= 15 is 0 Å². The molecule has 1 aromatic heterocycles. The standard InChI is InChI=1S/C13H24N4O/c1-10(2)6-11-4-3-5-17(8-11)9-12-15-13(7-14)18-16-12/h10-11H,3-9,14H2,1-2H3. The van der Waals surface area contributed by atoms with Gasteiger partial charge >= 0.3 is 0 Å². The second-order valence-corrected chi connectivity index (χ2v) is 5.68. The number of piperidine rings is 1. The minimum atomic E-state index is 0.322. The van der Waals surface area contributed by atoms with Gasteiger partial charge < -0.3 is 10.3 Å². The van der Waals surface area contributed by atoms with Crippen LogP contribution in [0.1, 0.15) is 44.8 Å². The van der Waals surface area contributed by atoms with Gasteiger partial charge in [-0.1, -0.05) is 19.0 Å². The summed E-state index contributed by atoms with van der Waals surface area (Å²) in [7, 11) is 0. The molecule has 0 saturated carbocycles. The lowest BCUT2D eigenvalue weighted by molar-refractivity contribution is 0.148. The third kappa shape index (κ3) is 3.78. The number of hydrogen-bond donors (Lipinski definition) is 1. The first-order valence-corrected chi connectivity index (χ1v) is 6.91. The van der Waals surface area contributed by atoms with Crippen molar-refractivity contribution in [2.24, 2.45) is 17.6 Å². The lowest BCUT2D eigenvalue weighted by Crippen LogP contribution is -2.35. The van der Waals surface area contributed by atoms with Crippen LogP contribution >= 0.6 is 0 Å². The van der Waals surface area contributed by atoms with Crippen molar-refractivity contribution in [3.8, 4) is 0 Å². The van der Waals surface area contributed by atoms with Gasteiger partial charge in [-0.3, -0.25) is 4.90 Å². The van der Waals surface area contributed by atoms with Crippen LogP contribution in [0.3, 0.4) is 0 Å². The first-order valence-electron chi connectivity index (χ1n) is 6.91. The van der Waals surface area contributed by atoms with Gasteiger partial charge in [-0.2, -0.15) is 4.98 Å². The Morgan fingerprint density at radius 1 is 1.50 bits per heavy atom. The van der Waals surface area contributed by atoms with E-state index in [1.54, 1.807) is 0 Å². The Labute approximate surface area is 109 Å². The molecule has 1 saturated heterocycles. The summed E-state index contributed by atoms with van der Waals surface area (Å²) in [6.45, 7) is 8.00. The summed E-state index contributed by atoms with van der Waals surface area (Å²) in [5.41, 5.74) is 5.46. The number of nitrogens with zero attached hydrogens (tertiary/aromatic N) is 3. The highest BCUT2D eigenvalue weighted by molar-refractivity contribution is 4.87. The quantitative estimate of drug-likeness (QED) is 0.865. The zero-order chi connectivity index (χ0) is 13.0. The molecule has 0 spiro atoms. The predicted molar refractivity (Wildman–Crippen MR) is 69.6 cm³/mol. The molecule has 0 radical (unpaired) electrons. The van der Waals surface area contributed by atoms with Gasteiger partial charge in [0, 0.05) is 6.54 Å². The van der Waals surface area contributed by atoms with Crippen LogP contribution in [0.15, 0.2) is 4.52 Å². The monoisotopic (exact) mass is 252 g/mol. The van der Waals surface area contributed by atoms with E-state index in [0.717, 1.165) is 37.3 Å². The van der Waals surface area contributed by atoms with Crippen LogP contribution in [0.5, 0.6) is 0 Å². The maximum atomic E-state index is 5.46. The molecule has 1 atom stereocenters. The molecular formula is C13H24N4O. The van der Waals surface area contributed by atoms with E-state index in [1.807, 2.05) is 0 Å². The Hall–Kier alpha value is -0.940. The first kappa shape index (κ1) is 13.5. The Balaban J connectivity index is 1.85. The van der Waals surface area contributed by atoms with Gasteiger partial charge in [0.05, 0.1) is 13.1 Å². The molecule has 1 aromatic rings. The number of hydrogen-bond acceptors (Lipinski definition) is 5. The Bertz CT molecular complexity index is 364. The molecule has 2 heterocycles. The molecule has 2 rings (SSSR count). The summed E-state index contributed by atoms with van der Waals surface area (Å²) < 4.78 is 5.03. The predicted octanol–water partition coefficient (Wildman–Crippen LogP) is 1.79. The largest absolute Gasteiger partial charge is 0.338 e. The van der Waals surface area contributed by atoms with E-state index < -0.39 is 0 Å². The van der Waals surface area contributed by atoms with Crippen LogP contribution in [-0.2, 0) is 13.1 Å². The van der Waals surface area contributed by atoms with E-state index in [-0.39, 0.29) is 0 Å². The third-order valence-corrected chi connectivity index (χ3v) is 3.46. The van der Waals surface area contributed by atoms with Crippen molar-refractivity contribution in [2.45, 2.75) is 46.2 Å². The summed E-state index contributed by atoms with van der Waals surface area (Å²) in [4.78, 5) is 6.70. The second kappa shape index (κ2) is 6.29. The fourth-order valence-electron chi connectivity index (χ4n) is 2.79. The molecule has 1 unspecified atom stereocenters. The first-order chi connectivity index (χ1) is 8.67. The Morgan fingerprint density at radius 2 is 2.33 bits per heavy atom. The van der Waals surface area contributed by atoms with Crippen molar-refractivity contribution in [3.63, 3.8) is 0 Å². The minimum Gasteiger partial charge on any atom is -0.338 e. The molecule has 0 aliphatic carbocycles. The summed E-state index contributed by atoms with van der Waals surface area (Å²) in [5, 5.41) is 3.96. The fraction of sp³-hybridized carbons (Fsp3) is 0.846. The molecule has 0 amide bonds. The highest BCUT2D eigenvalue weighted by atomic mass is 16.5. The third-order valence-electron chi connectivity index (χ3n) is 3.46. The van der Waals surface area contributed by atoms with Crippen molar-refractivity contribution < 1.29 is 4.52 Å². The molecule has 5 nitrogen and oxygen atoms in total. The maximum absolute atomic E-state index is 5.46. The lowest BCUT2D eigenvalue weighted by Gasteiger charge is -2.32. The van der Waals surface area contributed by atoms with Gasteiger partial charge in [0.25, 0.3) is 0 Å². The summed E-state index contributed by atoms with van der Waals surface area (Å²) in [5.74, 6) is 2.89. The van der Waals surface area contributed by atoms with Gasteiger partial charge in [-0.15, -0.1) is 0 Å². The number of likely N-dealkylation sites (tertiary alicyclic amines) is 1. The molecule has 102 valence electrons. The van der Waals surface area contributed by atoms with Crippen molar-refractivity contribution in [1.82, 2.24) is 15.0 Å². The minimum absolute atomic E-state index is 0.322. The molecule has 2 N–H and O–H groups in total. The van der Waals surface area contributed by atoms with Gasteiger partial charge in [0.1, 0.15) is 0 Å². The molecule has 18 heavy (non-hydrogen) atoms. The molecule has 1 aliphatic heterocycles. The van der Waals surface area contributed by atoms with E-state index in [9.17, 15) is 0 Å². The van der Waals surface area contributed by atoms with E-state index in [0.29, 0.717) is 12.4 Å². The Morgan fingerprint density at radius 3 is 3.00 bits per heavy atom. The SMILES string of the molecule is CC(C)CC1CCCN(Cc2noc(CN)n2)C1. The molecule has 5 heteroatoms. The highest BCUT2D eigenvalue weighted by Gasteiger charge is 2.21. The molecule has 1 aliphatic rings. The van der Waals surface area contributed by atoms with Crippen LogP contribution in [0, 0.1) is 11.8 Å². The number of aromatic nitrogens is 2.